The topological polar surface area (TPSA) is 77.4 Å². The lowest BCUT2D eigenvalue weighted by molar-refractivity contribution is 0.426. The van der Waals surface area contributed by atoms with Crippen LogP contribution in [0.4, 0.5) is 5.69 Å². The first kappa shape index (κ1) is 17.3. The number of nitrogens with one attached hydrogen (secondary N) is 1. The van der Waals surface area contributed by atoms with Crippen molar-refractivity contribution in [2.45, 2.75) is 20.3 Å². The summed E-state index contributed by atoms with van der Waals surface area (Å²) in [5, 5.41) is 8.85. The normalized spacial score (nSPS) is 18.3. The summed E-state index contributed by atoms with van der Waals surface area (Å²) in [4.78, 5) is 0. The standard InChI is InChI=1S/C15H23N5O2S/c1-4-13-11-17-20(12-13)15(16-5-2)18-23(21,22)19(3)14-9-7-6-8-10-14/h6-11,13H,4-5,12H2,1-3H3,(H,16,18). The Morgan fingerprint density at radius 2 is 2.09 bits per heavy atom. The van der Waals surface area contributed by atoms with Crippen LogP contribution in [0, 0.1) is 5.92 Å². The summed E-state index contributed by atoms with van der Waals surface area (Å²) in [6, 6.07) is 8.85. The molecular weight excluding hydrogens is 314 g/mol. The number of nitrogens with zero attached hydrogens (tertiary/aromatic N) is 4. The van der Waals surface area contributed by atoms with Crippen molar-refractivity contribution in [1.82, 2.24) is 10.3 Å². The lowest BCUT2D eigenvalue weighted by Gasteiger charge is -2.21. The number of guanidine groups is 1. The van der Waals surface area contributed by atoms with Gasteiger partial charge in [-0.05, 0) is 25.5 Å². The van der Waals surface area contributed by atoms with Crippen molar-refractivity contribution in [3.8, 4) is 0 Å². The fourth-order valence-corrected chi connectivity index (χ4v) is 3.03. The summed E-state index contributed by atoms with van der Waals surface area (Å²) in [7, 11) is -2.37. The number of anilines is 1. The summed E-state index contributed by atoms with van der Waals surface area (Å²) in [6.45, 7) is 5.16. The highest BCUT2D eigenvalue weighted by molar-refractivity contribution is 7.91. The molecule has 0 fully saturated rings. The summed E-state index contributed by atoms with van der Waals surface area (Å²) >= 11 is 0. The Kier molecular flexibility index (Phi) is 5.59. The average molecular weight is 337 g/mol. The van der Waals surface area contributed by atoms with Crippen LogP contribution in [0.1, 0.15) is 20.3 Å². The molecule has 0 amide bonds. The molecule has 1 N–H and O–H groups in total. The molecule has 7 nitrogen and oxygen atoms in total. The molecule has 1 heterocycles. The van der Waals surface area contributed by atoms with Gasteiger partial charge in [0.15, 0.2) is 0 Å². The predicted molar refractivity (Wildman–Crippen MR) is 93.9 cm³/mol. The van der Waals surface area contributed by atoms with E-state index in [-0.39, 0.29) is 5.96 Å². The lowest BCUT2D eigenvalue weighted by Crippen LogP contribution is -2.40. The largest absolute Gasteiger partial charge is 0.354 e. The van der Waals surface area contributed by atoms with Crippen molar-refractivity contribution in [2.75, 3.05) is 24.4 Å². The van der Waals surface area contributed by atoms with E-state index in [1.54, 1.807) is 29.3 Å². The van der Waals surface area contributed by atoms with Crippen molar-refractivity contribution in [1.29, 1.82) is 0 Å². The van der Waals surface area contributed by atoms with Crippen LogP contribution in [-0.4, -0.2) is 45.7 Å². The van der Waals surface area contributed by atoms with Gasteiger partial charge in [-0.15, -0.1) is 4.40 Å². The van der Waals surface area contributed by atoms with Gasteiger partial charge in [0, 0.05) is 25.7 Å². The molecule has 1 aromatic rings. The van der Waals surface area contributed by atoms with E-state index in [4.69, 9.17) is 0 Å². The first-order valence-electron chi connectivity index (χ1n) is 7.67. The summed E-state index contributed by atoms with van der Waals surface area (Å²) in [6.07, 6.45) is 2.79. The fraction of sp³-hybridized carbons (Fsp3) is 0.467. The van der Waals surface area contributed by atoms with Crippen molar-refractivity contribution < 1.29 is 8.42 Å². The Balaban J connectivity index is 2.25. The molecule has 1 unspecified atom stereocenters. The molecule has 1 aliphatic rings. The van der Waals surface area contributed by atoms with E-state index in [9.17, 15) is 8.42 Å². The van der Waals surface area contributed by atoms with Crippen LogP contribution in [0.5, 0.6) is 0 Å². The summed E-state index contributed by atoms with van der Waals surface area (Å²) < 4.78 is 30.2. The van der Waals surface area contributed by atoms with Gasteiger partial charge in [0.2, 0.25) is 5.96 Å². The van der Waals surface area contributed by atoms with Gasteiger partial charge in [0.25, 0.3) is 0 Å². The van der Waals surface area contributed by atoms with E-state index in [1.807, 2.05) is 19.2 Å². The molecular formula is C15H23N5O2S. The van der Waals surface area contributed by atoms with Crippen LogP contribution >= 0.6 is 0 Å². The maximum atomic E-state index is 12.5. The number of rotatable bonds is 5. The van der Waals surface area contributed by atoms with Gasteiger partial charge in [-0.1, -0.05) is 25.1 Å². The van der Waals surface area contributed by atoms with E-state index >= 15 is 0 Å². The minimum Gasteiger partial charge on any atom is -0.354 e. The zero-order valence-electron chi connectivity index (χ0n) is 13.7. The number of hydrogen-bond donors (Lipinski definition) is 1. The minimum atomic E-state index is -3.85. The molecule has 0 spiro atoms. The fourth-order valence-electron chi connectivity index (χ4n) is 2.14. The Hall–Kier alpha value is -2.09. The van der Waals surface area contributed by atoms with E-state index in [2.05, 4.69) is 21.7 Å². The van der Waals surface area contributed by atoms with Gasteiger partial charge >= 0.3 is 10.2 Å². The van der Waals surface area contributed by atoms with Crippen LogP contribution in [-0.2, 0) is 10.2 Å². The smallest absolute Gasteiger partial charge is 0.347 e. The third kappa shape index (κ3) is 4.22. The minimum absolute atomic E-state index is 0.252. The zero-order chi connectivity index (χ0) is 16.9. The number of para-hydroxylation sites is 1. The van der Waals surface area contributed by atoms with Crippen LogP contribution in [0.25, 0.3) is 0 Å². The second-order valence-electron chi connectivity index (χ2n) is 5.24. The molecule has 0 saturated heterocycles. The van der Waals surface area contributed by atoms with E-state index in [1.165, 1.54) is 7.05 Å². The first-order valence-corrected chi connectivity index (χ1v) is 9.07. The van der Waals surface area contributed by atoms with Crippen LogP contribution in [0.3, 0.4) is 0 Å². The van der Waals surface area contributed by atoms with Crippen LogP contribution in [0.15, 0.2) is 39.8 Å². The second kappa shape index (κ2) is 7.45. The number of hydrazone groups is 1. The van der Waals surface area contributed by atoms with Crippen molar-refractivity contribution in [2.24, 2.45) is 15.4 Å². The Labute approximate surface area is 137 Å². The Morgan fingerprint density at radius 1 is 1.39 bits per heavy atom. The van der Waals surface area contributed by atoms with Crippen molar-refractivity contribution in [3.05, 3.63) is 30.3 Å². The highest BCUT2D eigenvalue weighted by Crippen LogP contribution is 2.17. The second-order valence-corrected chi connectivity index (χ2v) is 6.87. The van der Waals surface area contributed by atoms with Gasteiger partial charge in [0.05, 0.1) is 12.2 Å². The molecule has 0 aromatic heterocycles. The third-order valence-electron chi connectivity index (χ3n) is 3.60. The Bertz CT molecular complexity index is 672. The van der Waals surface area contributed by atoms with Crippen molar-refractivity contribution >= 4 is 28.1 Å². The predicted octanol–water partition coefficient (Wildman–Crippen LogP) is 1.66. The average Bonchev–Trinajstić information content (AvgIpc) is 3.03. The maximum absolute atomic E-state index is 12.5. The molecule has 126 valence electrons. The van der Waals surface area contributed by atoms with E-state index in [0.717, 1.165) is 10.7 Å². The van der Waals surface area contributed by atoms with Gasteiger partial charge in [0.1, 0.15) is 0 Å². The van der Waals surface area contributed by atoms with Gasteiger partial charge in [-0.2, -0.15) is 13.5 Å². The maximum Gasteiger partial charge on any atom is 0.347 e. The molecule has 1 atom stereocenters. The van der Waals surface area contributed by atoms with Crippen molar-refractivity contribution in [3.63, 3.8) is 0 Å². The lowest BCUT2D eigenvalue weighted by atomic mass is 10.1. The molecule has 8 heteroatoms. The van der Waals surface area contributed by atoms with Gasteiger partial charge < -0.3 is 5.32 Å². The highest BCUT2D eigenvalue weighted by Gasteiger charge is 2.24. The molecule has 0 bridgehead atoms. The monoisotopic (exact) mass is 337 g/mol. The SMILES string of the molecule is CCN/C(=N\S(=O)(=O)N(C)c1ccccc1)N1CC(CC)C=N1. The summed E-state index contributed by atoms with van der Waals surface area (Å²) in [5.74, 6) is 0.566. The van der Waals surface area contributed by atoms with Gasteiger partial charge in [-0.25, -0.2) is 5.01 Å². The first-order chi connectivity index (χ1) is 11.0. The number of hydrogen-bond acceptors (Lipinski definition) is 3. The summed E-state index contributed by atoms with van der Waals surface area (Å²) in [5.41, 5.74) is 0.559. The molecule has 23 heavy (non-hydrogen) atoms. The van der Waals surface area contributed by atoms with E-state index in [0.29, 0.717) is 24.7 Å². The van der Waals surface area contributed by atoms with Crippen LogP contribution < -0.4 is 9.62 Å². The highest BCUT2D eigenvalue weighted by atomic mass is 32.2. The molecule has 0 saturated carbocycles. The van der Waals surface area contributed by atoms with E-state index < -0.39 is 10.2 Å². The quantitative estimate of drug-likeness (QED) is 0.655. The van der Waals surface area contributed by atoms with Gasteiger partial charge in [-0.3, -0.25) is 4.31 Å². The third-order valence-corrected chi connectivity index (χ3v) is 4.90. The Morgan fingerprint density at radius 3 is 2.65 bits per heavy atom. The molecule has 2 rings (SSSR count). The zero-order valence-corrected chi connectivity index (χ0v) is 14.5. The molecule has 0 radical (unpaired) electrons. The number of benzene rings is 1. The molecule has 1 aliphatic heterocycles. The van der Waals surface area contributed by atoms with Crippen LogP contribution in [0.2, 0.25) is 0 Å². The molecule has 1 aromatic carbocycles. The molecule has 0 aliphatic carbocycles.